The molecule has 3 heterocycles. The van der Waals surface area contributed by atoms with E-state index < -0.39 is 31.4 Å². The molecule has 3 aliphatic rings. The number of nitrogens with one attached hydrogen (secondary N) is 3. The number of pyridine rings is 1. The van der Waals surface area contributed by atoms with E-state index in [2.05, 4.69) is 50.8 Å². The average molecular weight is 886 g/mol. The number of piperazine rings is 1. The van der Waals surface area contributed by atoms with Crippen molar-refractivity contribution in [2.75, 3.05) is 68.4 Å². The zero-order valence-corrected chi connectivity index (χ0v) is 36.4. The Bertz CT molecular complexity index is 2480. The summed E-state index contributed by atoms with van der Waals surface area (Å²) in [5.41, 5.74) is 16.3. The molecule has 0 radical (unpaired) electrons. The first-order valence-corrected chi connectivity index (χ1v) is 22.4. The molecule has 0 saturated carbocycles. The summed E-state index contributed by atoms with van der Waals surface area (Å²) >= 11 is 6.23. The summed E-state index contributed by atoms with van der Waals surface area (Å²) in [6.45, 7) is 10.1. The number of nitrogens with two attached hydrogens (primary N) is 2. The van der Waals surface area contributed by atoms with Crippen LogP contribution in [0.25, 0.3) is 5.57 Å². The summed E-state index contributed by atoms with van der Waals surface area (Å²) < 4.78 is 41.0. The fourth-order valence-corrected chi connectivity index (χ4v) is 9.26. The van der Waals surface area contributed by atoms with Crippen LogP contribution in [0.5, 0.6) is 11.5 Å². The van der Waals surface area contributed by atoms with Gasteiger partial charge in [0, 0.05) is 75.3 Å². The predicted molar refractivity (Wildman–Crippen MR) is 241 cm³/mol. The zero-order chi connectivity index (χ0) is 44.2. The lowest BCUT2D eigenvalue weighted by Crippen LogP contribution is -2.47. The van der Waals surface area contributed by atoms with Crippen LogP contribution in [0, 0.1) is 26.9 Å². The van der Waals surface area contributed by atoms with Crippen LogP contribution >= 0.6 is 11.6 Å². The van der Waals surface area contributed by atoms with Gasteiger partial charge in [-0.1, -0.05) is 43.2 Å². The number of hydrogen-bond acceptors (Lipinski definition) is 13. The monoisotopic (exact) mass is 885 g/mol. The maximum atomic E-state index is 13.9. The zero-order valence-electron chi connectivity index (χ0n) is 34.8. The van der Waals surface area contributed by atoms with Gasteiger partial charge in [0.2, 0.25) is 0 Å². The van der Waals surface area contributed by atoms with Crippen molar-refractivity contribution in [2.24, 2.45) is 17.1 Å². The van der Waals surface area contributed by atoms with Gasteiger partial charge in [0.1, 0.15) is 28.8 Å². The molecule has 16 nitrogen and oxygen atoms in total. The van der Waals surface area contributed by atoms with E-state index in [1.807, 2.05) is 12.1 Å². The number of benzene rings is 3. The van der Waals surface area contributed by atoms with E-state index in [-0.39, 0.29) is 51.3 Å². The SMILES string of the molecule is CC1(C)CCC(CN2CCN(c3ccc(C(=O)NS(=O)(=O)c4ccc(NCC5CCOCC5)c([N+](=O)[O-])c4)c(Oc4cnc(N)c(C(=N)N)c4)c3)CC2)=C(c2ccc(Cl)cc2)C1. The minimum absolute atomic E-state index is 0.0000682. The standard InChI is InChI=1S/C44H52ClN9O7S/c1-44(2)14-11-30(37(24-44)29-3-5-31(45)6-4-29)27-52-15-17-53(18-16-52)32-7-9-35(40(21-32)61-33-22-36(41(46)47)42(48)50-26-33)43(55)51-62(58,59)34-8-10-38(39(23-34)54(56)57)49-25-28-12-19-60-20-13-28/h3-10,21-23,26,28,49H,11-20,24-25,27H2,1-2H3,(H3,46,47)(H2,48,50)(H,51,55). The number of hydrogen-bond donors (Lipinski definition) is 5. The maximum absolute atomic E-state index is 13.9. The lowest BCUT2D eigenvalue weighted by atomic mass is 9.72. The van der Waals surface area contributed by atoms with Gasteiger partial charge >= 0.3 is 0 Å². The summed E-state index contributed by atoms with van der Waals surface area (Å²) in [6, 6.07) is 17.8. The normalized spacial score (nSPS) is 17.4. The molecule has 7 N–H and O–H groups in total. The smallest absolute Gasteiger partial charge is 0.293 e. The number of nitrogen functional groups attached to an aromatic ring is 2. The Balaban J connectivity index is 1.11. The molecule has 1 aromatic heterocycles. The Kier molecular flexibility index (Phi) is 13.4. The van der Waals surface area contributed by atoms with Gasteiger partial charge in [0.25, 0.3) is 21.6 Å². The van der Waals surface area contributed by atoms with Gasteiger partial charge in [-0.2, -0.15) is 0 Å². The van der Waals surface area contributed by atoms with Crippen LogP contribution in [0.1, 0.15) is 67.4 Å². The van der Waals surface area contributed by atoms with Crippen molar-refractivity contribution in [2.45, 2.75) is 50.8 Å². The molecule has 2 saturated heterocycles. The molecule has 18 heteroatoms. The lowest BCUT2D eigenvalue weighted by molar-refractivity contribution is -0.384. The van der Waals surface area contributed by atoms with Gasteiger partial charge in [-0.25, -0.2) is 18.1 Å². The molecule has 0 spiro atoms. The van der Waals surface area contributed by atoms with Crippen LogP contribution in [0.3, 0.4) is 0 Å². The largest absolute Gasteiger partial charge is 0.455 e. The first kappa shape index (κ1) is 44.3. The van der Waals surface area contributed by atoms with Gasteiger partial charge in [0.05, 0.1) is 27.1 Å². The Morgan fingerprint density at radius 2 is 1.77 bits per heavy atom. The van der Waals surface area contributed by atoms with Crippen LogP contribution in [-0.2, 0) is 14.8 Å². The summed E-state index contributed by atoms with van der Waals surface area (Å²) in [5, 5.41) is 23.8. The number of aromatic nitrogens is 1. The van der Waals surface area contributed by atoms with E-state index in [0.29, 0.717) is 37.9 Å². The molecule has 2 fully saturated rings. The highest BCUT2D eigenvalue weighted by Crippen LogP contribution is 2.43. The first-order chi connectivity index (χ1) is 29.5. The van der Waals surface area contributed by atoms with Crippen molar-refractivity contribution >= 4 is 61.8 Å². The third kappa shape index (κ3) is 10.6. The Labute approximate surface area is 366 Å². The fraction of sp³-hybridized carbons (Fsp3) is 0.386. The van der Waals surface area contributed by atoms with Gasteiger partial charge in [-0.3, -0.25) is 25.2 Å². The van der Waals surface area contributed by atoms with Crippen molar-refractivity contribution in [1.82, 2.24) is 14.6 Å². The minimum Gasteiger partial charge on any atom is -0.455 e. The number of nitro groups is 1. The second-order valence-corrected chi connectivity index (χ2v) is 18.9. The van der Waals surface area contributed by atoms with Crippen LogP contribution < -0.4 is 31.1 Å². The number of anilines is 3. The van der Waals surface area contributed by atoms with Gasteiger partial charge in [-0.05, 0) is 97.0 Å². The highest BCUT2D eigenvalue weighted by atomic mass is 35.5. The minimum atomic E-state index is -4.61. The molecular weight excluding hydrogens is 834 g/mol. The summed E-state index contributed by atoms with van der Waals surface area (Å²) in [5.74, 6) is -1.02. The van der Waals surface area contributed by atoms with Crippen LogP contribution in [0.15, 0.2) is 83.4 Å². The number of nitrogens with zero attached hydrogens (tertiary/aromatic N) is 4. The van der Waals surface area contributed by atoms with E-state index in [1.54, 1.807) is 12.1 Å². The second-order valence-electron chi connectivity index (χ2n) is 16.8. The second kappa shape index (κ2) is 18.7. The maximum Gasteiger partial charge on any atom is 0.293 e. The summed E-state index contributed by atoms with van der Waals surface area (Å²) in [4.78, 5) is 33.5. The Hall–Kier alpha value is -5.75. The predicted octanol–water partition coefficient (Wildman–Crippen LogP) is 7.04. The van der Waals surface area contributed by atoms with Gasteiger partial charge in [0.15, 0.2) is 0 Å². The molecule has 0 atom stereocenters. The topological polar surface area (TPSA) is 232 Å². The molecule has 2 aliphatic heterocycles. The van der Waals surface area contributed by atoms with Crippen LogP contribution in [-0.4, -0.2) is 87.5 Å². The Morgan fingerprint density at radius 1 is 1.05 bits per heavy atom. The third-order valence-electron chi connectivity index (χ3n) is 11.8. The molecule has 0 unspecified atom stereocenters. The van der Waals surface area contributed by atoms with E-state index in [0.717, 1.165) is 63.5 Å². The number of ether oxygens (including phenoxy) is 2. The number of rotatable bonds is 14. The van der Waals surface area contributed by atoms with E-state index in [9.17, 15) is 23.3 Å². The average Bonchev–Trinajstić information content (AvgIpc) is 3.24. The van der Waals surface area contributed by atoms with Gasteiger partial charge in [-0.15, -0.1) is 0 Å². The van der Waals surface area contributed by atoms with Crippen molar-refractivity contribution in [1.29, 1.82) is 5.41 Å². The summed E-state index contributed by atoms with van der Waals surface area (Å²) in [7, 11) is -4.61. The number of carbonyl (C=O) groups is 1. The van der Waals surface area contributed by atoms with E-state index in [1.165, 1.54) is 47.2 Å². The van der Waals surface area contributed by atoms with E-state index >= 15 is 0 Å². The molecule has 328 valence electrons. The third-order valence-corrected chi connectivity index (χ3v) is 13.4. The van der Waals surface area contributed by atoms with Crippen LogP contribution in [0.2, 0.25) is 5.02 Å². The quantitative estimate of drug-likeness (QED) is 0.0370. The van der Waals surface area contributed by atoms with Crippen molar-refractivity contribution in [3.05, 3.63) is 110 Å². The number of carbonyl (C=O) groups excluding carboxylic acids is 1. The Morgan fingerprint density at radius 3 is 2.47 bits per heavy atom. The van der Waals surface area contributed by atoms with Crippen molar-refractivity contribution < 1.29 is 27.6 Å². The molecule has 3 aromatic carbocycles. The number of amidine groups is 1. The lowest BCUT2D eigenvalue weighted by Gasteiger charge is -2.39. The van der Waals surface area contributed by atoms with Crippen molar-refractivity contribution in [3.8, 4) is 11.5 Å². The number of halogens is 1. The first-order valence-electron chi connectivity index (χ1n) is 20.6. The number of nitro benzene ring substituents is 1. The highest BCUT2D eigenvalue weighted by Gasteiger charge is 2.31. The van der Waals surface area contributed by atoms with Gasteiger partial charge < -0.3 is 31.2 Å². The number of sulfonamides is 1. The molecular formula is C44H52ClN9O7S. The number of allylic oxidation sites excluding steroid dienone is 1. The van der Waals surface area contributed by atoms with Crippen LogP contribution in [0.4, 0.5) is 22.9 Å². The van der Waals surface area contributed by atoms with Crippen molar-refractivity contribution in [3.63, 3.8) is 0 Å². The molecule has 1 amide bonds. The fourth-order valence-electron chi connectivity index (χ4n) is 8.15. The van der Waals surface area contributed by atoms with E-state index in [4.69, 9.17) is 38.0 Å². The molecule has 1 aliphatic carbocycles. The molecule has 0 bridgehead atoms. The molecule has 62 heavy (non-hydrogen) atoms. The summed E-state index contributed by atoms with van der Waals surface area (Å²) in [6.07, 6.45) is 6.04. The molecule has 7 rings (SSSR count). The molecule has 4 aromatic rings. The number of amides is 1. The highest BCUT2D eigenvalue weighted by molar-refractivity contribution is 7.90.